The Bertz CT molecular complexity index is 425. The van der Waals surface area contributed by atoms with Crippen LogP contribution in [0.25, 0.3) is 6.08 Å². The van der Waals surface area contributed by atoms with Gasteiger partial charge in [-0.25, -0.2) is 0 Å². The van der Waals surface area contributed by atoms with Crippen LogP contribution >= 0.6 is 0 Å². The molecule has 0 aliphatic carbocycles. The van der Waals surface area contributed by atoms with Gasteiger partial charge in [-0.15, -0.1) is 0 Å². The number of hydrogen-bond acceptors (Lipinski definition) is 2. The van der Waals surface area contributed by atoms with Crippen molar-refractivity contribution in [3.05, 3.63) is 41.0 Å². The smallest absolute Gasteiger partial charge is 0.244 e. The standard InChI is InChI=1S/C15H21NO2/c1-12-5-6-14(13(2)11-12)7-8-15(17)16-9-4-10-18-3/h5-8,11H,4,9-10H2,1-3H3,(H,16,17)/b8-7+. The molecular weight excluding hydrogens is 226 g/mol. The number of amides is 1. The van der Waals surface area contributed by atoms with Gasteiger partial charge in [0.1, 0.15) is 0 Å². The average Bonchev–Trinajstić information content (AvgIpc) is 2.33. The highest BCUT2D eigenvalue weighted by atomic mass is 16.5. The maximum atomic E-state index is 11.5. The summed E-state index contributed by atoms with van der Waals surface area (Å²) >= 11 is 0. The molecule has 0 aliphatic rings. The molecule has 0 unspecified atom stereocenters. The third-order valence-corrected chi connectivity index (χ3v) is 2.66. The first-order chi connectivity index (χ1) is 8.63. The SMILES string of the molecule is COCCCNC(=O)/C=C/c1ccc(C)cc1C. The number of benzene rings is 1. The van der Waals surface area contributed by atoms with Crippen LogP contribution in [-0.2, 0) is 9.53 Å². The Morgan fingerprint density at radius 1 is 1.39 bits per heavy atom. The number of hydrogen-bond donors (Lipinski definition) is 1. The van der Waals surface area contributed by atoms with E-state index in [4.69, 9.17) is 4.74 Å². The maximum Gasteiger partial charge on any atom is 0.244 e. The van der Waals surface area contributed by atoms with Crippen molar-refractivity contribution in [2.24, 2.45) is 0 Å². The van der Waals surface area contributed by atoms with Gasteiger partial charge in [0, 0.05) is 26.3 Å². The number of ether oxygens (including phenoxy) is 1. The highest BCUT2D eigenvalue weighted by Gasteiger charge is 1.97. The van der Waals surface area contributed by atoms with Crippen molar-refractivity contribution in [3.8, 4) is 0 Å². The second-order valence-corrected chi connectivity index (χ2v) is 4.33. The molecule has 18 heavy (non-hydrogen) atoms. The summed E-state index contributed by atoms with van der Waals surface area (Å²) in [5.74, 6) is -0.0638. The van der Waals surface area contributed by atoms with E-state index in [0.717, 1.165) is 12.0 Å². The summed E-state index contributed by atoms with van der Waals surface area (Å²) in [7, 11) is 1.65. The predicted octanol–water partition coefficient (Wildman–Crippen LogP) is 2.47. The maximum absolute atomic E-state index is 11.5. The number of methoxy groups -OCH3 is 1. The summed E-state index contributed by atoms with van der Waals surface area (Å²) in [4.78, 5) is 11.5. The fourth-order valence-electron chi connectivity index (χ4n) is 1.67. The van der Waals surface area contributed by atoms with Gasteiger partial charge in [-0.3, -0.25) is 4.79 Å². The third kappa shape index (κ3) is 5.15. The molecule has 1 aromatic rings. The van der Waals surface area contributed by atoms with Crippen molar-refractivity contribution in [2.45, 2.75) is 20.3 Å². The van der Waals surface area contributed by atoms with Crippen molar-refractivity contribution in [3.63, 3.8) is 0 Å². The van der Waals surface area contributed by atoms with Crippen LogP contribution in [0.1, 0.15) is 23.1 Å². The van der Waals surface area contributed by atoms with Gasteiger partial charge < -0.3 is 10.1 Å². The molecule has 1 amide bonds. The molecule has 0 atom stereocenters. The zero-order valence-electron chi connectivity index (χ0n) is 11.3. The van der Waals surface area contributed by atoms with E-state index in [1.807, 2.05) is 25.1 Å². The molecule has 0 aromatic heterocycles. The minimum absolute atomic E-state index is 0.0638. The lowest BCUT2D eigenvalue weighted by atomic mass is 10.1. The Morgan fingerprint density at radius 2 is 2.17 bits per heavy atom. The number of carbonyl (C=O) groups excluding carboxylic acids is 1. The molecular formula is C15H21NO2. The fraction of sp³-hybridized carbons (Fsp3) is 0.400. The first-order valence-electron chi connectivity index (χ1n) is 6.15. The number of nitrogens with one attached hydrogen (secondary N) is 1. The highest BCUT2D eigenvalue weighted by Crippen LogP contribution is 2.11. The van der Waals surface area contributed by atoms with Crippen molar-refractivity contribution < 1.29 is 9.53 Å². The van der Waals surface area contributed by atoms with Crippen LogP contribution < -0.4 is 5.32 Å². The molecule has 0 aliphatic heterocycles. The quantitative estimate of drug-likeness (QED) is 0.619. The zero-order valence-corrected chi connectivity index (χ0v) is 11.3. The molecule has 3 nitrogen and oxygen atoms in total. The van der Waals surface area contributed by atoms with Gasteiger partial charge in [0.2, 0.25) is 5.91 Å². The molecule has 1 aromatic carbocycles. The van der Waals surface area contributed by atoms with Gasteiger partial charge in [-0.05, 0) is 37.5 Å². The molecule has 0 fully saturated rings. The highest BCUT2D eigenvalue weighted by molar-refractivity contribution is 5.91. The van der Waals surface area contributed by atoms with Crippen LogP contribution in [0.4, 0.5) is 0 Å². The summed E-state index contributed by atoms with van der Waals surface area (Å²) in [5.41, 5.74) is 3.49. The molecule has 0 heterocycles. The second-order valence-electron chi connectivity index (χ2n) is 4.33. The van der Waals surface area contributed by atoms with Crippen LogP contribution in [0.3, 0.4) is 0 Å². The van der Waals surface area contributed by atoms with Gasteiger partial charge in [0.15, 0.2) is 0 Å². The minimum Gasteiger partial charge on any atom is -0.385 e. The lowest BCUT2D eigenvalue weighted by Gasteiger charge is -2.03. The van der Waals surface area contributed by atoms with Gasteiger partial charge in [0.05, 0.1) is 0 Å². The van der Waals surface area contributed by atoms with Crippen LogP contribution in [-0.4, -0.2) is 26.2 Å². The normalized spacial score (nSPS) is 10.8. The lowest BCUT2D eigenvalue weighted by molar-refractivity contribution is -0.116. The lowest BCUT2D eigenvalue weighted by Crippen LogP contribution is -2.22. The van der Waals surface area contributed by atoms with Gasteiger partial charge >= 0.3 is 0 Å². The van der Waals surface area contributed by atoms with Crippen molar-refractivity contribution >= 4 is 12.0 Å². The van der Waals surface area contributed by atoms with E-state index in [-0.39, 0.29) is 5.91 Å². The topological polar surface area (TPSA) is 38.3 Å². The number of rotatable bonds is 6. The van der Waals surface area contributed by atoms with Crippen molar-refractivity contribution in [2.75, 3.05) is 20.3 Å². The molecule has 0 bridgehead atoms. The summed E-state index contributed by atoms with van der Waals surface area (Å²) in [6, 6.07) is 6.18. The summed E-state index contributed by atoms with van der Waals surface area (Å²) < 4.78 is 4.91. The Balaban J connectivity index is 2.45. The summed E-state index contributed by atoms with van der Waals surface area (Å²) in [6.07, 6.45) is 4.25. The minimum atomic E-state index is -0.0638. The van der Waals surface area contributed by atoms with Crippen LogP contribution in [0.15, 0.2) is 24.3 Å². The summed E-state index contributed by atoms with van der Waals surface area (Å²) in [6.45, 7) is 5.41. The van der Waals surface area contributed by atoms with E-state index in [2.05, 4.69) is 18.3 Å². The van der Waals surface area contributed by atoms with Crippen molar-refractivity contribution in [1.82, 2.24) is 5.32 Å². The Hall–Kier alpha value is -1.61. The molecule has 1 rings (SSSR count). The molecule has 0 saturated heterocycles. The molecule has 98 valence electrons. The van der Waals surface area contributed by atoms with E-state index in [1.54, 1.807) is 13.2 Å². The number of carbonyl (C=O) groups is 1. The predicted molar refractivity (Wildman–Crippen MR) is 74.5 cm³/mol. The number of aryl methyl sites for hydroxylation is 2. The van der Waals surface area contributed by atoms with Gasteiger partial charge in [0.25, 0.3) is 0 Å². The monoisotopic (exact) mass is 247 g/mol. The largest absolute Gasteiger partial charge is 0.385 e. The molecule has 0 saturated carbocycles. The van der Waals surface area contributed by atoms with E-state index in [0.29, 0.717) is 13.2 Å². The Morgan fingerprint density at radius 3 is 2.83 bits per heavy atom. The van der Waals surface area contributed by atoms with E-state index < -0.39 is 0 Å². The Labute approximate surface area is 109 Å². The van der Waals surface area contributed by atoms with E-state index in [9.17, 15) is 4.79 Å². The molecule has 0 radical (unpaired) electrons. The van der Waals surface area contributed by atoms with Crippen molar-refractivity contribution in [1.29, 1.82) is 0 Å². The molecule has 0 spiro atoms. The summed E-state index contributed by atoms with van der Waals surface area (Å²) in [5, 5.41) is 2.81. The van der Waals surface area contributed by atoms with Crippen LogP contribution in [0, 0.1) is 13.8 Å². The van der Waals surface area contributed by atoms with Gasteiger partial charge in [-0.1, -0.05) is 23.8 Å². The molecule has 1 N–H and O–H groups in total. The first kappa shape index (κ1) is 14.5. The van der Waals surface area contributed by atoms with Gasteiger partial charge in [-0.2, -0.15) is 0 Å². The second kappa shape index (κ2) is 7.67. The third-order valence-electron chi connectivity index (χ3n) is 2.66. The van der Waals surface area contributed by atoms with Crippen LogP contribution in [0.5, 0.6) is 0 Å². The average molecular weight is 247 g/mol. The molecule has 3 heteroatoms. The van der Waals surface area contributed by atoms with Crippen LogP contribution in [0.2, 0.25) is 0 Å². The Kier molecular flexibility index (Phi) is 6.15. The first-order valence-corrected chi connectivity index (χ1v) is 6.15. The fourth-order valence-corrected chi connectivity index (χ4v) is 1.67. The van der Waals surface area contributed by atoms with E-state index in [1.165, 1.54) is 11.1 Å². The van der Waals surface area contributed by atoms with E-state index >= 15 is 0 Å². The zero-order chi connectivity index (χ0) is 13.4.